The van der Waals surface area contributed by atoms with Gasteiger partial charge in [-0.1, -0.05) is 37.3 Å². The standard InChI is InChI=1S/C17H26N2O/c1-14(11-16-7-4-3-5-8-16)12-19-10-6-9-17(13-19)18-15(2)20/h3-5,7-8,14,17H,6,9-13H2,1-2H3,(H,18,20)/t14-,17+/m0/s1. The van der Waals surface area contributed by atoms with Gasteiger partial charge in [-0.2, -0.15) is 0 Å². The number of amides is 1. The molecule has 1 aliphatic heterocycles. The van der Waals surface area contributed by atoms with E-state index in [-0.39, 0.29) is 5.91 Å². The molecule has 1 heterocycles. The molecule has 20 heavy (non-hydrogen) atoms. The molecule has 3 nitrogen and oxygen atoms in total. The number of nitrogens with zero attached hydrogens (tertiary/aromatic N) is 1. The molecule has 1 fully saturated rings. The molecule has 2 rings (SSSR count). The van der Waals surface area contributed by atoms with Gasteiger partial charge < -0.3 is 10.2 Å². The average Bonchev–Trinajstić information content (AvgIpc) is 2.39. The van der Waals surface area contributed by atoms with Gasteiger partial charge in [0.25, 0.3) is 0 Å². The van der Waals surface area contributed by atoms with Crippen LogP contribution in [0.3, 0.4) is 0 Å². The number of hydrogen-bond acceptors (Lipinski definition) is 2. The van der Waals surface area contributed by atoms with Crippen molar-refractivity contribution in [2.75, 3.05) is 19.6 Å². The van der Waals surface area contributed by atoms with Crippen molar-refractivity contribution in [2.24, 2.45) is 5.92 Å². The van der Waals surface area contributed by atoms with Crippen LogP contribution in [0, 0.1) is 5.92 Å². The Hall–Kier alpha value is -1.35. The summed E-state index contributed by atoms with van der Waals surface area (Å²) in [6.07, 6.45) is 3.42. The maximum absolute atomic E-state index is 11.2. The Kier molecular flexibility index (Phi) is 5.60. The lowest BCUT2D eigenvalue weighted by molar-refractivity contribution is -0.120. The van der Waals surface area contributed by atoms with Gasteiger partial charge >= 0.3 is 0 Å². The smallest absolute Gasteiger partial charge is 0.217 e. The van der Waals surface area contributed by atoms with Crippen LogP contribution in [0.1, 0.15) is 32.3 Å². The number of carbonyl (C=O) groups is 1. The molecule has 3 heteroatoms. The first-order valence-electron chi connectivity index (χ1n) is 7.67. The van der Waals surface area contributed by atoms with Gasteiger partial charge in [0.2, 0.25) is 5.91 Å². The highest BCUT2D eigenvalue weighted by Crippen LogP contribution is 2.15. The Morgan fingerprint density at radius 1 is 1.40 bits per heavy atom. The third-order valence-corrected chi connectivity index (χ3v) is 3.91. The van der Waals surface area contributed by atoms with Crippen LogP contribution >= 0.6 is 0 Å². The van der Waals surface area contributed by atoms with Crippen LogP contribution in [0.5, 0.6) is 0 Å². The van der Waals surface area contributed by atoms with Crippen LogP contribution in [0.2, 0.25) is 0 Å². The number of nitrogens with one attached hydrogen (secondary N) is 1. The number of carbonyl (C=O) groups excluding carboxylic acids is 1. The van der Waals surface area contributed by atoms with Crippen LogP contribution in [0.4, 0.5) is 0 Å². The number of benzene rings is 1. The monoisotopic (exact) mass is 274 g/mol. The molecule has 1 amide bonds. The van der Waals surface area contributed by atoms with Crippen LogP contribution in [-0.2, 0) is 11.2 Å². The highest BCUT2D eigenvalue weighted by molar-refractivity contribution is 5.73. The maximum Gasteiger partial charge on any atom is 0.217 e. The topological polar surface area (TPSA) is 32.3 Å². The van der Waals surface area contributed by atoms with Crippen molar-refractivity contribution >= 4 is 5.91 Å². The fourth-order valence-corrected chi connectivity index (χ4v) is 3.15. The lowest BCUT2D eigenvalue weighted by atomic mass is 9.98. The summed E-state index contributed by atoms with van der Waals surface area (Å²) in [6.45, 7) is 7.20. The molecule has 1 aromatic rings. The van der Waals surface area contributed by atoms with E-state index in [0.29, 0.717) is 12.0 Å². The van der Waals surface area contributed by atoms with Gasteiger partial charge in [-0.3, -0.25) is 4.79 Å². The van der Waals surface area contributed by atoms with Gasteiger partial charge in [0.1, 0.15) is 0 Å². The van der Waals surface area contributed by atoms with E-state index in [1.165, 1.54) is 12.0 Å². The van der Waals surface area contributed by atoms with E-state index in [1.54, 1.807) is 6.92 Å². The average molecular weight is 274 g/mol. The van der Waals surface area contributed by atoms with Crippen LogP contribution in [0.15, 0.2) is 30.3 Å². The van der Waals surface area contributed by atoms with Crippen molar-refractivity contribution in [1.82, 2.24) is 10.2 Å². The summed E-state index contributed by atoms with van der Waals surface area (Å²) in [5, 5.41) is 3.05. The van der Waals surface area contributed by atoms with Crippen molar-refractivity contribution in [3.63, 3.8) is 0 Å². The summed E-state index contributed by atoms with van der Waals surface area (Å²) >= 11 is 0. The van der Waals surface area contributed by atoms with Gasteiger partial charge in [-0.05, 0) is 37.3 Å². The predicted octanol–water partition coefficient (Wildman–Crippen LogP) is 2.47. The molecule has 0 spiro atoms. The van der Waals surface area contributed by atoms with Gasteiger partial charge in [-0.25, -0.2) is 0 Å². The zero-order chi connectivity index (χ0) is 14.4. The Bertz CT molecular complexity index is 418. The number of hydrogen-bond donors (Lipinski definition) is 1. The first-order valence-corrected chi connectivity index (χ1v) is 7.67. The molecule has 1 aromatic carbocycles. The van der Waals surface area contributed by atoms with Gasteiger partial charge in [0.15, 0.2) is 0 Å². The van der Waals surface area contributed by atoms with E-state index in [1.807, 2.05) is 0 Å². The Morgan fingerprint density at radius 2 is 2.15 bits per heavy atom. The summed E-state index contributed by atoms with van der Waals surface area (Å²) in [6, 6.07) is 11.0. The van der Waals surface area contributed by atoms with Crippen LogP contribution < -0.4 is 5.32 Å². The SMILES string of the molecule is CC(=O)N[C@@H]1CCCN(C[C@@H](C)Cc2ccccc2)C1. The largest absolute Gasteiger partial charge is 0.352 e. The molecule has 1 aliphatic rings. The zero-order valence-electron chi connectivity index (χ0n) is 12.6. The second-order valence-corrected chi connectivity index (χ2v) is 6.09. The van der Waals surface area contributed by atoms with E-state index in [4.69, 9.17) is 0 Å². The minimum absolute atomic E-state index is 0.0918. The molecular formula is C17H26N2O. The summed E-state index contributed by atoms with van der Waals surface area (Å²) in [5.74, 6) is 0.739. The van der Waals surface area contributed by atoms with Crippen molar-refractivity contribution in [3.8, 4) is 0 Å². The van der Waals surface area contributed by atoms with Crippen molar-refractivity contribution in [2.45, 2.75) is 39.2 Å². The Balaban J connectivity index is 1.78. The van der Waals surface area contributed by atoms with Crippen molar-refractivity contribution in [1.29, 1.82) is 0 Å². The van der Waals surface area contributed by atoms with E-state index in [9.17, 15) is 4.79 Å². The minimum atomic E-state index is 0.0918. The van der Waals surface area contributed by atoms with Crippen LogP contribution in [-0.4, -0.2) is 36.5 Å². The highest BCUT2D eigenvalue weighted by Gasteiger charge is 2.21. The molecule has 0 aliphatic carbocycles. The fraction of sp³-hybridized carbons (Fsp3) is 0.588. The first-order chi connectivity index (χ1) is 9.63. The highest BCUT2D eigenvalue weighted by atomic mass is 16.1. The number of piperidine rings is 1. The predicted molar refractivity (Wildman–Crippen MR) is 82.6 cm³/mol. The quantitative estimate of drug-likeness (QED) is 0.894. The molecule has 2 atom stereocenters. The van der Waals surface area contributed by atoms with Crippen LogP contribution in [0.25, 0.3) is 0 Å². The molecular weight excluding hydrogens is 248 g/mol. The lowest BCUT2D eigenvalue weighted by Crippen LogP contribution is -2.48. The van der Waals surface area contributed by atoms with Crippen molar-refractivity contribution in [3.05, 3.63) is 35.9 Å². The van der Waals surface area contributed by atoms with Gasteiger partial charge in [0, 0.05) is 26.1 Å². The van der Waals surface area contributed by atoms with Gasteiger partial charge in [-0.15, -0.1) is 0 Å². The number of likely N-dealkylation sites (tertiary alicyclic amines) is 1. The summed E-state index contributed by atoms with van der Waals surface area (Å²) in [5.41, 5.74) is 1.41. The summed E-state index contributed by atoms with van der Waals surface area (Å²) < 4.78 is 0. The first kappa shape index (κ1) is 15.0. The molecule has 110 valence electrons. The second kappa shape index (κ2) is 7.44. The molecule has 0 radical (unpaired) electrons. The summed E-state index contributed by atoms with van der Waals surface area (Å²) in [4.78, 5) is 13.7. The third kappa shape index (κ3) is 4.97. The van der Waals surface area contributed by atoms with Crippen molar-refractivity contribution < 1.29 is 4.79 Å². The van der Waals surface area contributed by atoms with E-state index in [0.717, 1.165) is 32.5 Å². The van der Waals surface area contributed by atoms with Gasteiger partial charge in [0.05, 0.1) is 0 Å². The molecule has 1 N–H and O–H groups in total. The molecule has 0 aromatic heterocycles. The fourth-order valence-electron chi connectivity index (χ4n) is 3.15. The minimum Gasteiger partial charge on any atom is -0.352 e. The third-order valence-electron chi connectivity index (χ3n) is 3.91. The Labute approximate surface area is 122 Å². The zero-order valence-corrected chi connectivity index (χ0v) is 12.6. The normalized spacial score (nSPS) is 21.4. The Morgan fingerprint density at radius 3 is 2.85 bits per heavy atom. The molecule has 1 saturated heterocycles. The van der Waals surface area contributed by atoms with E-state index >= 15 is 0 Å². The molecule has 0 saturated carbocycles. The lowest BCUT2D eigenvalue weighted by Gasteiger charge is -2.34. The number of rotatable bonds is 5. The molecule has 0 unspecified atom stereocenters. The van der Waals surface area contributed by atoms with E-state index < -0.39 is 0 Å². The maximum atomic E-state index is 11.2. The summed E-state index contributed by atoms with van der Waals surface area (Å²) in [7, 11) is 0. The second-order valence-electron chi connectivity index (χ2n) is 6.09. The molecule has 0 bridgehead atoms. The van der Waals surface area contributed by atoms with E-state index in [2.05, 4.69) is 47.5 Å².